The van der Waals surface area contributed by atoms with Crippen molar-refractivity contribution in [3.63, 3.8) is 0 Å². The third-order valence-electron chi connectivity index (χ3n) is 4.38. The number of benzene rings is 1. The molecular formula is C17H24ClN3. The molecule has 0 spiro atoms. The van der Waals surface area contributed by atoms with Gasteiger partial charge in [0, 0.05) is 31.4 Å². The summed E-state index contributed by atoms with van der Waals surface area (Å²) in [6.07, 6.45) is 3.57. The van der Waals surface area contributed by atoms with Crippen LogP contribution >= 0.6 is 11.6 Å². The monoisotopic (exact) mass is 305 g/mol. The first-order chi connectivity index (χ1) is 10.2. The molecule has 1 aromatic heterocycles. The molecule has 1 fully saturated rings. The van der Waals surface area contributed by atoms with Crippen LogP contribution in [0.4, 0.5) is 0 Å². The van der Waals surface area contributed by atoms with Crippen molar-refractivity contribution < 1.29 is 0 Å². The fourth-order valence-electron chi connectivity index (χ4n) is 3.08. The molecule has 0 unspecified atom stereocenters. The number of imidazole rings is 1. The minimum atomic E-state index is 0.627. The molecule has 1 aliphatic rings. The molecule has 3 rings (SSSR count). The van der Waals surface area contributed by atoms with E-state index in [9.17, 15) is 0 Å². The maximum Gasteiger partial charge on any atom is 0.111 e. The molecule has 0 aliphatic heterocycles. The summed E-state index contributed by atoms with van der Waals surface area (Å²) in [6.45, 7) is 7.63. The molecule has 1 aliphatic carbocycles. The summed E-state index contributed by atoms with van der Waals surface area (Å²) >= 11 is 5.95. The van der Waals surface area contributed by atoms with E-state index in [0.29, 0.717) is 5.88 Å². The SMILES string of the molecule is CCN(CCn1c(CCCl)nc2cc(C)ccc21)C1CC1. The first-order valence-electron chi connectivity index (χ1n) is 7.98. The van der Waals surface area contributed by atoms with Crippen molar-refractivity contribution in [3.8, 4) is 0 Å². The molecule has 1 aromatic carbocycles. The maximum atomic E-state index is 5.95. The summed E-state index contributed by atoms with van der Waals surface area (Å²) in [5.74, 6) is 1.75. The van der Waals surface area contributed by atoms with Crippen LogP contribution in [0, 0.1) is 6.92 Å². The molecule has 114 valence electrons. The Balaban J connectivity index is 1.85. The van der Waals surface area contributed by atoms with Crippen molar-refractivity contribution in [1.29, 1.82) is 0 Å². The second kappa shape index (κ2) is 6.37. The summed E-state index contributed by atoms with van der Waals surface area (Å²) in [4.78, 5) is 7.38. The van der Waals surface area contributed by atoms with Gasteiger partial charge in [-0.05, 0) is 44.0 Å². The van der Waals surface area contributed by atoms with Gasteiger partial charge in [-0.15, -0.1) is 11.6 Å². The van der Waals surface area contributed by atoms with Gasteiger partial charge in [-0.2, -0.15) is 0 Å². The number of hydrogen-bond donors (Lipinski definition) is 0. The number of likely N-dealkylation sites (N-methyl/N-ethyl adjacent to an activating group) is 1. The minimum Gasteiger partial charge on any atom is -0.327 e. The minimum absolute atomic E-state index is 0.627. The number of nitrogens with zero attached hydrogens (tertiary/aromatic N) is 3. The van der Waals surface area contributed by atoms with Crippen molar-refractivity contribution in [2.45, 2.75) is 45.7 Å². The van der Waals surface area contributed by atoms with Crippen LogP contribution in [0.3, 0.4) is 0 Å². The van der Waals surface area contributed by atoms with Crippen LogP contribution in [0.15, 0.2) is 18.2 Å². The van der Waals surface area contributed by atoms with Crippen molar-refractivity contribution in [3.05, 3.63) is 29.6 Å². The summed E-state index contributed by atoms with van der Waals surface area (Å²) in [7, 11) is 0. The molecule has 0 saturated heterocycles. The van der Waals surface area contributed by atoms with Gasteiger partial charge in [-0.25, -0.2) is 4.98 Å². The predicted octanol–water partition coefficient (Wildman–Crippen LogP) is 3.61. The first-order valence-corrected chi connectivity index (χ1v) is 8.52. The quantitative estimate of drug-likeness (QED) is 0.729. The number of rotatable bonds is 7. The topological polar surface area (TPSA) is 21.1 Å². The highest BCUT2D eigenvalue weighted by Crippen LogP contribution is 2.26. The van der Waals surface area contributed by atoms with E-state index in [1.54, 1.807) is 0 Å². The van der Waals surface area contributed by atoms with Crippen molar-refractivity contribution >= 4 is 22.6 Å². The molecule has 3 nitrogen and oxygen atoms in total. The van der Waals surface area contributed by atoms with Crippen LogP contribution < -0.4 is 0 Å². The second-order valence-electron chi connectivity index (χ2n) is 5.97. The average molecular weight is 306 g/mol. The Labute approximate surface area is 131 Å². The molecule has 1 heterocycles. The van der Waals surface area contributed by atoms with Gasteiger partial charge in [0.15, 0.2) is 0 Å². The lowest BCUT2D eigenvalue weighted by molar-refractivity contribution is 0.266. The molecule has 1 saturated carbocycles. The van der Waals surface area contributed by atoms with Crippen LogP contribution in [0.25, 0.3) is 11.0 Å². The normalized spacial score (nSPS) is 15.2. The van der Waals surface area contributed by atoms with Gasteiger partial charge < -0.3 is 4.57 Å². The third-order valence-corrected chi connectivity index (χ3v) is 4.57. The maximum absolute atomic E-state index is 5.95. The summed E-state index contributed by atoms with van der Waals surface area (Å²) in [5.41, 5.74) is 3.61. The molecule has 0 amide bonds. The Hall–Kier alpha value is -1.06. The number of halogens is 1. The van der Waals surface area contributed by atoms with E-state index < -0.39 is 0 Å². The van der Waals surface area contributed by atoms with E-state index in [-0.39, 0.29) is 0 Å². The van der Waals surface area contributed by atoms with Crippen molar-refractivity contribution in [1.82, 2.24) is 14.5 Å². The fourth-order valence-corrected chi connectivity index (χ4v) is 3.25. The molecule has 0 radical (unpaired) electrons. The average Bonchev–Trinajstić information content (AvgIpc) is 3.24. The second-order valence-corrected chi connectivity index (χ2v) is 6.35. The Morgan fingerprint density at radius 2 is 2.19 bits per heavy atom. The van der Waals surface area contributed by atoms with E-state index in [2.05, 4.69) is 41.5 Å². The lowest BCUT2D eigenvalue weighted by Crippen LogP contribution is -2.29. The predicted molar refractivity (Wildman–Crippen MR) is 89.2 cm³/mol. The Morgan fingerprint density at radius 1 is 1.38 bits per heavy atom. The zero-order chi connectivity index (χ0) is 14.8. The van der Waals surface area contributed by atoms with Crippen LogP contribution in [0.2, 0.25) is 0 Å². The highest BCUT2D eigenvalue weighted by molar-refractivity contribution is 6.17. The Morgan fingerprint density at radius 3 is 2.86 bits per heavy atom. The van der Waals surface area contributed by atoms with Gasteiger partial charge in [0.1, 0.15) is 5.82 Å². The first kappa shape index (κ1) is 14.9. The lowest BCUT2D eigenvalue weighted by atomic mass is 10.2. The highest BCUT2D eigenvalue weighted by atomic mass is 35.5. The van der Waals surface area contributed by atoms with Gasteiger partial charge in [-0.1, -0.05) is 13.0 Å². The molecule has 21 heavy (non-hydrogen) atoms. The van der Waals surface area contributed by atoms with Gasteiger partial charge >= 0.3 is 0 Å². The number of hydrogen-bond acceptors (Lipinski definition) is 2. The largest absolute Gasteiger partial charge is 0.327 e. The lowest BCUT2D eigenvalue weighted by Gasteiger charge is -2.20. The number of aromatic nitrogens is 2. The zero-order valence-electron chi connectivity index (χ0n) is 13.0. The van der Waals surface area contributed by atoms with E-state index >= 15 is 0 Å². The Bertz CT molecular complexity index is 616. The van der Waals surface area contributed by atoms with E-state index in [1.165, 1.54) is 23.9 Å². The summed E-state index contributed by atoms with van der Waals surface area (Å²) < 4.78 is 2.36. The number of aryl methyl sites for hydroxylation is 2. The van der Waals surface area contributed by atoms with Crippen LogP contribution in [-0.4, -0.2) is 39.5 Å². The standard InChI is InChI=1S/C17H24ClN3/c1-3-20(14-5-6-14)10-11-21-16-7-4-13(2)12-15(16)19-17(21)8-9-18/h4,7,12,14H,3,5-6,8-11H2,1-2H3. The smallest absolute Gasteiger partial charge is 0.111 e. The van der Waals surface area contributed by atoms with Gasteiger partial charge in [0.2, 0.25) is 0 Å². The van der Waals surface area contributed by atoms with E-state index in [0.717, 1.165) is 43.4 Å². The molecular weight excluding hydrogens is 282 g/mol. The van der Waals surface area contributed by atoms with Crippen molar-refractivity contribution in [2.24, 2.45) is 0 Å². The van der Waals surface area contributed by atoms with E-state index in [1.807, 2.05) is 0 Å². The summed E-state index contributed by atoms with van der Waals surface area (Å²) in [6, 6.07) is 7.36. The zero-order valence-corrected chi connectivity index (χ0v) is 13.7. The molecule has 4 heteroatoms. The molecule has 2 aromatic rings. The number of fused-ring (bicyclic) bond motifs is 1. The third kappa shape index (κ3) is 3.24. The van der Waals surface area contributed by atoms with Crippen LogP contribution in [0.1, 0.15) is 31.2 Å². The molecule has 0 N–H and O–H groups in total. The van der Waals surface area contributed by atoms with Gasteiger partial charge in [-0.3, -0.25) is 4.90 Å². The number of alkyl halides is 1. The van der Waals surface area contributed by atoms with Gasteiger partial charge in [0.25, 0.3) is 0 Å². The molecule has 0 bridgehead atoms. The van der Waals surface area contributed by atoms with Gasteiger partial charge in [0.05, 0.1) is 11.0 Å². The molecule has 0 atom stereocenters. The summed E-state index contributed by atoms with van der Waals surface area (Å²) in [5, 5.41) is 0. The Kier molecular flexibility index (Phi) is 4.51. The highest BCUT2D eigenvalue weighted by Gasteiger charge is 2.27. The van der Waals surface area contributed by atoms with E-state index in [4.69, 9.17) is 16.6 Å². The van der Waals surface area contributed by atoms with Crippen LogP contribution in [-0.2, 0) is 13.0 Å². The van der Waals surface area contributed by atoms with Crippen molar-refractivity contribution in [2.75, 3.05) is 19.0 Å². The van der Waals surface area contributed by atoms with Crippen LogP contribution in [0.5, 0.6) is 0 Å². The fraction of sp³-hybridized carbons (Fsp3) is 0.588.